The van der Waals surface area contributed by atoms with Crippen LogP contribution in [0.25, 0.3) is 0 Å². The average molecular weight is 140 g/mol. The monoisotopic (exact) mass is 140 g/mol. The smallest absolute Gasteiger partial charge is 0.134 e. The lowest BCUT2D eigenvalue weighted by Crippen LogP contribution is -1.96. The Bertz CT molecular complexity index is 185. The van der Waals surface area contributed by atoms with Crippen molar-refractivity contribution < 1.29 is 4.79 Å². The van der Waals surface area contributed by atoms with Crippen LogP contribution < -0.4 is 0 Å². The maximum absolute atomic E-state index is 10.8. The highest BCUT2D eigenvalue weighted by molar-refractivity contribution is 8.03. The van der Waals surface area contributed by atoms with E-state index in [0.717, 1.165) is 0 Å². The zero-order valence-electron chi connectivity index (χ0n) is 5.20. The minimum atomic E-state index is 0.363. The Hall–Kier alpha value is -0.240. The molecule has 0 bridgehead atoms. The van der Waals surface area contributed by atoms with E-state index in [0.29, 0.717) is 22.9 Å². The van der Waals surface area contributed by atoms with Gasteiger partial charge in [0.25, 0.3) is 0 Å². The Balaban J connectivity index is 2.10. The van der Waals surface area contributed by atoms with E-state index in [4.69, 9.17) is 0 Å². The number of carbonyl (C=O) groups is 1. The summed E-state index contributed by atoms with van der Waals surface area (Å²) in [6.45, 7) is 1.69. The molecule has 1 nitrogen and oxygen atoms in total. The quantitative estimate of drug-likeness (QED) is 0.548. The van der Waals surface area contributed by atoms with E-state index < -0.39 is 0 Å². The molecular weight excluding hydrogens is 132 g/mol. The van der Waals surface area contributed by atoms with Gasteiger partial charge in [-0.2, -0.15) is 0 Å². The van der Waals surface area contributed by atoms with Gasteiger partial charge in [-0.3, -0.25) is 4.79 Å². The fourth-order valence-electron chi connectivity index (χ4n) is 1.44. The standard InChI is InChI=1S/C7H8OS/c1-4(8)6-5-2-3-9-7(5)6/h2-3,5-7H,1H3/t5-,6-,7-/m1/s1. The van der Waals surface area contributed by atoms with Gasteiger partial charge in [0.2, 0.25) is 0 Å². The average Bonchev–Trinajstić information content (AvgIpc) is 2.30. The highest BCUT2D eigenvalue weighted by atomic mass is 32.2. The summed E-state index contributed by atoms with van der Waals surface area (Å²) in [5, 5.41) is 2.73. The summed E-state index contributed by atoms with van der Waals surface area (Å²) in [5.74, 6) is 1.34. The Morgan fingerprint density at radius 2 is 2.44 bits per heavy atom. The highest BCUT2D eigenvalue weighted by Gasteiger charge is 2.53. The van der Waals surface area contributed by atoms with Gasteiger partial charge in [-0.05, 0) is 12.3 Å². The molecule has 2 aliphatic rings. The first-order valence-electron chi connectivity index (χ1n) is 3.13. The molecule has 2 rings (SSSR count). The first-order chi connectivity index (χ1) is 4.30. The summed E-state index contributed by atoms with van der Waals surface area (Å²) in [6, 6.07) is 0. The minimum absolute atomic E-state index is 0.363. The summed E-state index contributed by atoms with van der Waals surface area (Å²) >= 11 is 1.81. The molecule has 1 aliphatic carbocycles. The number of Topliss-reactive ketones (excluding diaryl/α,β-unsaturated/α-hetero) is 1. The molecule has 0 radical (unpaired) electrons. The third-order valence-corrected chi connectivity index (χ3v) is 3.25. The van der Waals surface area contributed by atoms with Crippen LogP contribution in [0.3, 0.4) is 0 Å². The number of carbonyl (C=O) groups excluding carboxylic acids is 1. The Morgan fingerprint density at radius 1 is 1.67 bits per heavy atom. The normalized spacial score (nSPS) is 44.8. The van der Waals surface area contributed by atoms with Crippen LogP contribution in [0.2, 0.25) is 0 Å². The second kappa shape index (κ2) is 1.63. The van der Waals surface area contributed by atoms with Crippen molar-refractivity contribution in [3.8, 4) is 0 Å². The molecule has 1 aliphatic heterocycles. The second-order valence-corrected chi connectivity index (χ2v) is 3.73. The van der Waals surface area contributed by atoms with Crippen LogP contribution in [0.4, 0.5) is 0 Å². The van der Waals surface area contributed by atoms with Crippen LogP contribution in [0.1, 0.15) is 6.92 Å². The van der Waals surface area contributed by atoms with Gasteiger partial charge in [0.15, 0.2) is 0 Å². The van der Waals surface area contributed by atoms with Crippen LogP contribution in [0.5, 0.6) is 0 Å². The van der Waals surface area contributed by atoms with Gasteiger partial charge in [0.05, 0.1) is 0 Å². The van der Waals surface area contributed by atoms with Crippen molar-refractivity contribution in [1.82, 2.24) is 0 Å². The number of allylic oxidation sites excluding steroid dienone is 1. The largest absolute Gasteiger partial charge is 0.300 e. The maximum atomic E-state index is 10.8. The first kappa shape index (κ1) is 5.54. The maximum Gasteiger partial charge on any atom is 0.134 e. The fourth-order valence-corrected chi connectivity index (χ4v) is 2.79. The van der Waals surface area contributed by atoms with Crippen molar-refractivity contribution in [2.45, 2.75) is 12.2 Å². The molecule has 1 saturated carbocycles. The van der Waals surface area contributed by atoms with E-state index in [-0.39, 0.29) is 0 Å². The summed E-state index contributed by atoms with van der Waals surface area (Å²) in [7, 11) is 0. The topological polar surface area (TPSA) is 17.1 Å². The molecule has 2 heteroatoms. The molecule has 0 saturated heterocycles. The van der Waals surface area contributed by atoms with E-state index in [1.165, 1.54) is 0 Å². The molecule has 0 aromatic rings. The first-order valence-corrected chi connectivity index (χ1v) is 4.07. The minimum Gasteiger partial charge on any atom is -0.300 e. The highest BCUT2D eigenvalue weighted by Crippen LogP contribution is 2.54. The second-order valence-electron chi connectivity index (χ2n) is 2.64. The lowest BCUT2D eigenvalue weighted by molar-refractivity contribution is -0.118. The van der Waals surface area contributed by atoms with Gasteiger partial charge in [0.1, 0.15) is 5.78 Å². The molecule has 0 N–H and O–H groups in total. The number of rotatable bonds is 1. The van der Waals surface area contributed by atoms with E-state index in [1.54, 1.807) is 18.7 Å². The van der Waals surface area contributed by atoms with E-state index in [2.05, 4.69) is 11.5 Å². The van der Waals surface area contributed by atoms with Gasteiger partial charge in [-0.25, -0.2) is 0 Å². The zero-order valence-corrected chi connectivity index (χ0v) is 6.02. The predicted molar refractivity (Wildman–Crippen MR) is 38.2 cm³/mol. The van der Waals surface area contributed by atoms with Crippen molar-refractivity contribution in [2.75, 3.05) is 0 Å². The van der Waals surface area contributed by atoms with Crippen LogP contribution in [0, 0.1) is 11.8 Å². The lowest BCUT2D eigenvalue weighted by atomic mass is 10.2. The predicted octanol–water partition coefficient (Wildman–Crippen LogP) is 1.45. The van der Waals surface area contributed by atoms with Crippen molar-refractivity contribution >= 4 is 17.5 Å². The molecular formula is C7H8OS. The van der Waals surface area contributed by atoms with E-state index in [9.17, 15) is 4.79 Å². The van der Waals surface area contributed by atoms with Gasteiger partial charge in [-0.1, -0.05) is 6.08 Å². The van der Waals surface area contributed by atoms with Gasteiger partial charge in [0, 0.05) is 17.1 Å². The van der Waals surface area contributed by atoms with Gasteiger partial charge in [-0.15, -0.1) is 11.8 Å². The van der Waals surface area contributed by atoms with Crippen LogP contribution in [-0.4, -0.2) is 11.0 Å². The van der Waals surface area contributed by atoms with Crippen molar-refractivity contribution in [1.29, 1.82) is 0 Å². The summed E-state index contributed by atoms with van der Waals surface area (Å²) in [6.07, 6.45) is 2.15. The number of hydrogen-bond donors (Lipinski definition) is 0. The number of hydrogen-bond acceptors (Lipinski definition) is 2. The fraction of sp³-hybridized carbons (Fsp3) is 0.571. The molecule has 0 aromatic heterocycles. The number of thioether (sulfide) groups is 1. The Labute approximate surface area is 58.5 Å². The molecule has 9 heavy (non-hydrogen) atoms. The lowest BCUT2D eigenvalue weighted by Gasteiger charge is -1.89. The number of fused-ring (bicyclic) bond motifs is 1. The van der Waals surface area contributed by atoms with Crippen LogP contribution >= 0.6 is 11.8 Å². The number of ketones is 1. The third kappa shape index (κ3) is 0.659. The Morgan fingerprint density at radius 3 is 2.78 bits per heavy atom. The summed E-state index contributed by atoms with van der Waals surface area (Å²) < 4.78 is 0. The molecule has 48 valence electrons. The molecule has 0 aromatic carbocycles. The molecule has 1 fully saturated rings. The zero-order chi connectivity index (χ0) is 6.43. The molecule has 0 amide bonds. The molecule has 0 unspecified atom stereocenters. The van der Waals surface area contributed by atoms with Crippen molar-refractivity contribution in [3.05, 3.63) is 11.5 Å². The third-order valence-electron chi connectivity index (χ3n) is 2.01. The Kier molecular flexibility index (Phi) is 1.00. The summed E-state index contributed by atoms with van der Waals surface area (Å²) in [5.41, 5.74) is 0. The van der Waals surface area contributed by atoms with Crippen LogP contribution in [-0.2, 0) is 4.79 Å². The van der Waals surface area contributed by atoms with Crippen LogP contribution in [0.15, 0.2) is 11.5 Å². The van der Waals surface area contributed by atoms with Gasteiger partial charge >= 0.3 is 0 Å². The van der Waals surface area contributed by atoms with Crippen molar-refractivity contribution in [3.63, 3.8) is 0 Å². The van der Waals surface area contributed by atoms with E-state index >= 15 is 0 Å². The van der Waals surface area contributed by atoms with Crippen molar-refractivity contribution in [2.24, 2.45) is 11.8 Å². The van der Waals surface area contributed by atoms with Gasteiger partial charge < -0.3 is 0 Å². The molecule has 0 spiro atoms. The molecule has 1 heterocycles. The van der Waals surface area contributed by atoms with E-state index in [1.807, 2.05) is 0 Å². The summed E-state index contributed by atoms with van der Waals surface area (Å²) in [4.78, 5) is 10.8. The molecule has 3 atom stereocenters. The SMILES string of the molecule is CC(=O)[C@@H]1[C@H]2C=CS[C@H]21.